The van der Waals surface area contributed by atoms with Gasteiger partial charge >= 0.3 is 11.9 Å². The maximum Gasteiger partial charge on any atom is 0.308 e. The van der Waals surface area contributed by atoms with E-state index in [1.807, 2.05) is 12.1 Å². The summed E-state index contributed by atoms with van der Waals surface area (Å²) in [5.74, 6) is 4.47. The zero-order valence-corrected chi connectivity index (χ0v) is 16.9. The van der Waals surface area contributed by atoms with E-state index in [0.29, 0.717) is 23.5 Å². The first-order valence-corrected chi connectivity index (χ1v) is 10.3. The first kappa shape index (κ1) is 19.1. The summed E-state index contributed by atoms with van der Waals surface area (Å²) < 4.78 is 11.1. The molecule has 4 heteroatoms. The van der Waals surface area contributed by atoms with Crippen molar-refractivity contribution in [2.24, 2.45) is 17.3 Å². The molecule has 0 N–H and O–H groups in total. The summed E-state index contributed by atoms with van der Waals surface area (Å²) in [6.45, 7) is 5.13. The maximum absolute atomic E-state index is 11.8. The third-order valence-electron chi connectivity index (χ3n) is 7.63. The van der Waals surface area contributed by atoms with E-state index in [1.54, 1.807) is 0 Å². The van der Waals surface area contributed by atoms with E-state index in [-0.39, 0.29) is 17.4 Å². The van der Waals surface area contributed by atoms with Crippen LogP contribution >= 0.6 is 0 Å². The van der Waals surface area contributed by atoms with Crippen LogP contribution in [0, 0.1) is 29.6 Å². The number of benzene rings is 1. The topological polar surface area (TPSA) is 52.6 Å². The monoisotopic (exact) mass is 380 g/mol. The molecule has 4 rings (SSSR count). The van der Waals surface area contributed by atoms with Crippen molar-refractivity contribution in [1.82, 2.24) is 0 Å². The molecule has 0 radical (unpaired) electrons. The Labute approximate surface area is 167 Å². The van der Waals surface area contributed by atoms with Crippen LogP contribution in [0.15, 0.2) is 18.2 Å². The fourth-order valence-electron chi connectivity index (χ4n) is 6.47. The summed E-state index contributed by atoms with van der Waals surface area (Å²) in [5, 5.41) is 0. The third-order valence-corrected chi connectivity index (χ3v) is 7.63. The maximum atomic E-state index is 11.8. The van der Waals surface area contributed by atoms with Crippen molar-refractivity contribution in [3.8, 4) is 18.1 Å². The molecule has 1 aromatic rings. The molecule has 0 spiro atoms. The Bertz CT molecular complexity index is 866. The second kappa shape index (κ2) is 6.65. The van der Waals surface area contributed by atoms with Gasteiger partial charge in [-0.2, -0.15) is 0 Å². The first-order valence-electron chi connectivity index (χ1n) is 10.3. The number of hydrogen-bond donors (Lipinski definition) is 0. The van der Waals surface area contributed by atoms with E-state index in [0.717, 1.165) is 38.5 Å². The number of carbonyl (C=O) groups excluding carboxylic acids is 2. The predicted molar refractivity (Wildman–Crippen MR) is 106 cm³/mol. The molecule has 3 aliphatic rings. The largest absolute Gasteiger partial charge is 0.445 e. The Kier molecular flexibility index (Phi) is 4.53. The lowest BCUT2D eigenvalue weighted by molar-refractivity contribution is -0.165. The lowest BCUT2D eigenvalue weighted by Gasteiger charge is -2.52. The molecular formula is C24H28O4. The fraction of sp³-hybridized carbons (Fsp3) is 0.583. The van der Waals surface area contributed by atoms with Crippen molar-refractivity contribution in [2.45, 2.75) is 70.8 Å². The lowest BCUT2D eigenvalue weighted by atomic mass is 9.53. The standard InChI is InChI=1S/C24H28O4/c1-5-24(28-16(3)26)13-11-22-21-8-6-17-14-18(27-15(2)25)7-9-19(17)20(21)10-12-23(22,24)4/h1,7,9,14,20-22H,6,8,10-13H2,2-4H3/t20-,21-,22+,23+,24+/m0/s1. The average Bonchev–Trinajstić information content (AvgIpc) is 2.93. The molecule has 2 saturated carbocycles. The molecule has 0 aromatic heterocycles. The number of rotatable bonds is 2. The van der Waals surface area contributed by atoms with E-state index < -0.39 is 5.60 Å². The smallest absolute Gasteiger partial charge is 0.308 e. The van der Waals surface area contributed by atoms with Gasteiger partial charge in [0.25, 0.3) is 0 Å². The number of esters is 2. The number of carbonyl (C=O) groups is 2. The van der Waals surface area contributed by atoms with Crippen LogP contribution < -0.4 is 4.74 Å². The average molecular weight is 380 g/mol. The van der Waals surface area contributed by atoms with Gasteiger partial charge in [0.1, 0.15) is 5.75 Å². The van der Waals surface area contributed by atoms with Crippen LogP contribution in [0.1, 0.15) is 69.9 Å². The van der Waals surface area contributed by atoms with Crippen LogP contribution in [0.2, 0.25) is 0 Å². The second-order valence-corrected chi connectivity index (χ2v) is 8.93. The van der Waals surface area contributed by atoms with Crippen molar-refractivity contribution in [1.29, 1.82) is 0 Å². The molecule has 0 bridgehead atoms. The van der Waals surface area contributed by atoms with Gasteiger partial charge in [-0.05, 0) is 79.5 Å². The molecule has 0 saturated heterocycles. The van der Waals surface area contributed by atoms with E-state index in [4.69, 9.17) is 15.9 Å². The minimum Gasteiger partial charge on any atom is -0.445 e. The SMILES string of the molecule is C#C[C@@]1(OC(C)=O)CC[C@@H]2[C@H]3CCc4cc(OC(C)=O)ccc4[C@@H]3CC[C@]21C. The number of fused-ring (bicyclic) bond motifs is 5. The van der Waals surface area contributed by atoms with Gasteiger partial charge in [-0.3, -0.25) is 9.59 Å². The molecule has 2 fully saturated rings. The van der Waals surface area contributed by atoms with E-state index in [1.165, 1.54) is 25.0 Å². The van der Waals surface area contributed by atoms with Crippen LogP contribution in [-0.4, -0.2) is 17.5 Å². The number of terminal acetylenes is 1. The van der Waals surface area contributed by atoms with Crippen molar-refractivity contribution >= 4 is 11.9 Å². The molecular weight excluding hydrogens is 352 g/mol. The fourth-order valence-corrected chi connectivity index (χ4v) is 6.47. The molecule has 0 heterocycles. The number of hydrogen-bond acceptors (Lipinski definition) is 4. The van der Waals surface area contributed by atoms with Crippen molar-refractivity contribution in [2.75, 3.05) is 0 Å². The van der Waals surface area contributed by atoms with Crippen LogP contribution in [0.25, 0.3) is 0 Å². The minimum atomic E-state index is -0.770. The van der Waals surface area contributed by atoms with Crippen LogP contribution in [0.4, 0.5) is 0 Å². The van der Waals surface area contributed by atoms with Gasteiger partial charge in [0, 0.05) is 19.3 Å². The minimum absolute atomic E-state index is 0.163. The van der Waals surface area contributed by atoms with Gasteiger partial charge in [0.05, 0.1) is 0 Å². The highest BCUT2D eigenvalue weighted by Gasteiger charge is 2.63. The quantitative estimate of drug-likeness (QED) is 0.433. The van der Waals surface area contributed by atoms with Gasteiger partial charge in [-0.15, -0.1) is 6.42 Å². The van der Waals surface area contributed by atoms with Gasteiger partial charge in [-0.1, -0.05) is 18.9 Å². The summed E-state index contributed by atoms with van der Waals surface area (Å²) in [5.41, 5.74) is 1.75. The Morgan fingerprint density at radius 2 is 1.93 bits per heavy atom. The highest BCUT2D eigenvalue weighted by Crippen LogP contribution is 2.65. The van der Waals surface area contributed by atoms with Crippen LogP contribution in [0.3, 0.4) is 0 Å². The van der Waals surface area contributed by atoms with E-state index in [2.05, 4.69) is 18.9 Å². The van der Waals surface area contributed by atoms with Gasteiger partial charge in [0.2, 0.25) is 0 Å². The molecule has 148 valence electrons. The molecule has 0 unspecified atom stereocenters. The number of aryl methyl sites for hydroxylation is 1. The van der Waals surface area contributed by atoms with Gasteiger partial charge in [-0.25, -0.2) is 0 Å². The molecule has 1 aromatic carbocycles. The molecule has 3 aliphatic carbocycles. The zero-order valence-electron chi connectivity index (χ0n) is 16.9. The van der Waals surface area contributed by atoms with E-state index in [9.17, 15) is 9.59 Å². The summed E-state index contributed by atoms with van der Waals surface area (Å²) in [7, 11) is 0. The molecule has 5 atom stereocenters. The predicted octanol–water partition coefficient (Wildman–Crippen LogP) is 4.40. The van der Waals surface area contributed by atoms with Crippen molar-refractivity contribution in [3.05, 3.63) is 29.3 Å². The summed E-state index contributed by atoms with van der Waals surface area (Å²) in [6, 6.07) is 6.08. The van der Waals surface area contributed by atoms with Gasteiger partial charge < -0.3 is 9.47 Å². The first-order chi connectivity index (χ1) is 13.3. The van der Waals surface area contributed by atoms with Crippen molar-refractivity contribution < 1.29 is 19.1 Å². The normalized spacial score (nSPS) is 35.7. The Balaban J connectivity index is 1.64. The molecule has 0 amide bonds. The highest BCUT2D eigenvalue weighted by molar-refractivity contribution is 5.69. The zero-order chi connectivity index (χ0) is 20.1. The Morgan fingerprint density at radius 3 is 2.61 bits per heavy atom. The summed E-state index contributed by atoms with van der Waals surface area (Å²) in [4.78, 5) is 23.0. The summed E-state index contributed by atoms with van der Waals surface area (Å²) >= 11 is 0. The van der Waals surface area contributed by atoms with Crippen molar-refractivity contribution in [3.63, 3.8) is 0 Å². The Hall–Kier alpha value is -2.28. The van der Waals surface area contributed by atoms with E-state index >= 15 is 0 Å². The van der Waals surface area contributed by atoms with Crippen LogP contribution in [-0.2, 0) is 20.7 Å². The lowest BCUT2D eigenvalue weighted by Crippen LogP contribution is -2.52. The molecule has 28 heavy (non-hydrogen) atoms. The molecule has 0 aliphatic heterocycles. The summed E-state index contributed by atoms with van der Waals surface area (Å²) in [6.07, 6.45) is 11.8. The highest BCUT2D eigenvalue weighted by atomic mass is 16.6. The number of ether oxygens (including phenoxy) is 2. The molecule has 4 nitrogen and oxygen atoms in total. The van der Waals surface area contributed by atoms with Crippen LogP contribution in [0.5, 0.6) is 5.75 Å². The van der Waals surface area contributed by atoms with Gasteiger partial charge in [0.15, 0.2) is 5.60 Å². The Morgan fingerprint density at radius 1 is 1.14 bits per heavy atom. The second-order valence-electron chi connectivity index (χ2n) is 8.93. The third kappa shape index (κ3) is 2.75.